The minimum Gasteiger partial charge on any atom is -0.492 e. The molecule has 4 atom stereocenters. The van der Waals surface area contributed by atoms with Crippen molar-refractivity contribution in [2.45, 2.75) is 43.7 Å². The van der Waals surface area contributed by atoms with Crippen molar-refractivity contribution in [3.8, 4) is 34.1 Å². The third-order valence-electron chi connectivity index (χ3n) is 12.5. The monoisotopic (exact) mass is 1070 g/mol. The molecular formula is C53H58BClF2N8O11. The molecule has 0 saturated carbocycles. The van der Waals surface area contributed by atoms with Gasteiger partial charge < -0.3 is 68.1 Å². The van der Waals surface area contributed by atoms with Crippen LogP contribution in [0.2, 0.25) is 5.02 Å². The summed E-state index contributed by atoms with van der Waals surface area (Å²) in [7, 11) is -2.77. The van der Waals surface area contributed by atoms with Gasteiger partial charge in [-0.05, 0) is 78.2 Å². The molecule has 3 aliphatic rings. The Kier molecular flexibility index (Phi) is 19.1. The normalized spacial score (nSPS) is 18.4. The number of aliphatic hydroxyl groups excluding tert-OH is 1. The Balaban J connectivity index is 0.558. The van der Waals surface area contributed by atoms with Crippen LogP contribution < -0.4 is 20.1 Å². The Morgan fingerprint density at radius 3 is 2.18 bits per heavy atom. The van der Waals surface area contributed by atoms with Gasteiger partial charge >= 0.3 is 7.40 Å². The third-order valence-corrected chi connectivity index (χ3v) is 12.8. The minimum atomic E-state index is -2.77. The largest absolute Gasteiger partial charge is 0.677 e. The molecule has 0 radical (unpaired) electrons. The Labute approximate surface area is 442 Å². The first-order valence-electron chi connectivity index (χ1n) is 25.1. The number of nitrogens with one attached hydrogen (secondary N) is 4. The highest BCUT2D eigenvalue weighted by Gasteiger charge is 2.48. The van der Waals surface area contributed by atoms with Crippen molar-refractivity contribution >= 4 is 53.8 Å². The number of benzene rings is 2. The Hall–Kier alpha value is -6.76. The van der Waals surface area contributed by atoms with Gasteiger partial charge in [0.2, 0.25) is 11.8 Å². The van der Waals surface area contributed by atoms with Crippen LogP contribution in [0.5, 0.6) is 11.8 Å². The zero-order valence-electron chi connectivity index (χ0n) is 41.5. The van der Waals surface area contributed by atoms with Crippen LogP contribution >= 0.6 is 11.6 Å². The number of aliphatic imine (C=N–C) groups is 1. The molecule has 2 amide bonds. The second kappa shape index (κ2) is 26.8. The van der Waals surface area contributed by atoms with Crippen molar-refractivity contribution in [3.63, 3.8) is 0 Å². The third kappa shape index (κ3) is 14.6. The lowest BCUT2D eigenvalue weighted by atomic mass is 10.0. The fourth-order valence-corrected chi connectivity index (χ4v) is 8.95. The molecule has 23 heteroatoms. The van der Waals surface area contributed by atoms with Gasteiger partial charge in [0, 0.05) is 42.5 Å². The molecule has 76 heavy (non-hydrogen) atoms. The molecule has 9 rings (SSSR count). The number of aliphatic hydroxyl groups is 1. The van der Waals surface area contributed by atoms with Crippen molar-refractivity contribution in [3.05, 3.63) is 125 Å². The van der Waals surface area contributed by atoms with Crippen LogP contribution in [-0.2, 0) is 44.4 Å². The van der Waals surface area contributed by atoms with E-state index in [2.05, 4.69) is 30.6 Å². The number of fused-ring (bicyclic) bond motifs is 2. The van der Waals surface area contributed by atoms with E-state index in [-0.39, 0.29) is 76.2 Å². The number of aromatic nitrogens is 5. The molecule has 0 aliphatic carbocycles. The van der Waals surface area contributed by atoms with Gasteiger partial charge in [-0.2, -0.15) is 4.98 Å². The molecule has 3 aliphatic heterocycles. The second-order valence-corrected chi connectivity index (χ2v) is 18.2. The quantitative estimate of drug-likeness (QED) is 0.0275. The second-order valence-electron chi connectivity index (χ2n) is 17.8. The van der Waals surface area contributed by atoms with Crippen LogP contribution in [0.3, 0.4) is 0 Å². The number of aryl methyl sites for hydroxylation is 1. The molecule has 19 nitrogen and oxygen atoms in total. The van der Waals surface area contributed by atoms with Gasteiger partial charge in [-0.25, -0.2) is 9.98 Å². The summed E-state index contributed by atoms with van der Waals surface area (Å²) in [6.07, 6.45) is 5.53. The number of allylic oxidation sites excluding steroid dienone is 2. The number of hydrogen-bond acceptors (Lipinski definition) is 14. The van der Waals surface area contributed by atoms with Crippen LogP contribution in [0, 0.1) is 0 Å². The van der Waals surface area contributed by atoms with Crippen molar-refractivity contribution in [1.82, 2.24) is 35.0 Å². The first-order chi connectivity index (χ1) is 37.1. The number of aromatic amines is 2. The van der Waals surface area contributed by atoms with Gasteiger partial charge in [-0.1, -0.05) is 48.0 Å². The van der Waals surface area contributed by atoms with E-state index >= 15 is 0 Å². The lowest BCUT2D eigenvalue weighted by molar-refractivity contribution is -0.122. The summed E-state index contributed by atoms with van der Waals surface area (Å²) in [4.78, 5) is 44.6. The highest BCUT2D eigenvalue weighted by atomic mass is 35.5. The summed E-state index contributed by atoms with van der Waals surface area (Å²) in [5.41, 5.74) is 7.24. The van der Waals surface area contributed by atoms with Gasteiger partial charge in [-0.15, -0.1) is 0 Å². The molecule has 0 unspecified atom stereocenters. The van der Waals surface area contributed by atoms with Crippen LogP contribution in [0.15, 0.2) is 108 Å². The summed E-state index contributed by atoms with van der Waals surface area (Å²) in [5.74, 6) is 0.266. The number of carbonyl (C=O) groups excluding carboxylic acids is 2. The topological polar surface area (TPSA) is 227 Å². The fraction of sp³-hybridized carbons (Fsp3) is 0.377. The molecule has 2 saturated heterocycles. The van der Waals surface area contributed by atoms with Crippen LogP contribution in [0.25, 0.3) is 39.6 Å². The molecule has 2 aromatic carbocycles. The van der Waals surface area contributed by atoms with Gasteiger partial charge in [0.1, 0.15) is 30.7 Å². The smallest absolute Gasteiger partial charge is 0.492 e. The van der Waals surface area contributed by atoms with E-state index in [9.17, 15) is 23.3 Å². The van der Waals surface area contributed by atoms with Gasteiger partial charge in [-0.3, -0.25) is 18.2 Å². The predicted octanol–water partition coefficient (Wildman–Crippen LogP) is 5.85. The number of amides is 2. The molecule has 400 valence electrons. The lowest BCUT2D eigenvalue weighted by Crippen LogP contribution is -2.34. The number of imidazole rings is 1. The molecule has 7 heterocycles. The van der Waals surface area contributed by atoms with E-state index in [0.29, 0.717) is 97.5 Å². The molecule has 4 aromatic heterocycles. The van der Waals surface area contributed by atoms with Gasteiger partial charge in [0.05, 0.1) is 106 Å². The molecule has 0 bridgehead atoms. The zero-order valence-corrected chi connectivity index (χ0v) is 42.2. The average molecular weight is 1070 g/mol. The van der Waals surface area contributed by atoms with Crippen molar-refractivity contribution in [1.29, 1.82) is 0 Å². The van der Waals surface area contributed by atoms with Crippen LogP contribution in [-0.4, -0.2) is 165 Å². The van der Waals surface area contributed by atoms with E-state index in [1.807, 2.05) is 66.7 Å². The number of rotatable bonds is 29. The van der Waals surface area contributed by atoms with Crippen LogP contribution in [0.4, 0.5) is 8.63 Å². The number of H-pyrrole nitrogens is 2. The highest BCUT2D eigenvalue weighted by molar-refractivity contribution is 6.41. The van der Waals surface area contributed by atoms with E-state index in [0.717, 1.165) is 32.6 Å². The van der Waals surface area contributed by atoms with Crippen molar-refractivity contribution < 1.29 is 61.2 Å². The lowest BCUT2D eigenvalue weighted by Gasteiger charge is -2.15. The Bertz CT molecular complexity index is 2960. The highest BCUT2D eigenvalue weighted by Crippen LogP contribution is 2.34. The summed E-state index contributed by atoms with van der Waals surface area (Å²) in [6, 6.07) is 24.6. The number of carbonyl (C=O) groups is 2. The number of hydrogen-bond donors (Lipinski definition) is 5. The van der Waals surface area contributed by atoms with Crippen molar-refractivity contribution in [2.24, 2.45) is 4.99 Å². The number of ether oxygens (including phenoxy) is 8. The Morgan fingerprint density at radius 2 is 1.46 bits per heavy atom. The maximum absolute atomic E-state index is 14.0. The maximum atomic E-state index is 14.0. The summed E-state index contributed by atoms with van der Waals surface area (Å²) in [6.45, 7) is 4.04. The molecule has 5 N–H and O–H groups in total. The minimum absolute atomic E-state index is 0.0501. The number of halogens is 3. The predicted molar refractivity (Wildman–Crippen MR) is 280 cm³/mol. The summed E-state index contributed by atoms with van der Waals surface area (Å²) in [5, 5.41) is 16.1. The van der Waals surface area contributed by atoms with E-state index in [1.165, 1.54) is 0 Å². The van der Waals surface area contributed by atoms with E-state index in [1.54, 1.807) is 36.5 Å². The van der Waals surface area contributed by atoms with E-state index in [4.69, 9.17) is 54.5 Å². The number of nitrogens with zero attached hydrogens (tertiary/aromatic N) is 4. The standard InChI is InChI=1S/C53H58BClF2N8O11/c55-41-31-44-52(64-53(62-44)76-46-33-75-50-45(66)32-74-51(46)50)63-49(41)36-5-3-34(4-6-36)35-7-13-40(14-8-35)73-23-20-60-48(68)17-21-69-24-26-71-28-29-72-27-25-70-22-19-59-47(67)16-12-38-10-11-39(65(38)54(56)57)30-37-9-15-43(61-37)42-2-1-18-58-42/h1-11,13-15,18,30-31,45-46,50-51,58,66H,12,16-17,19-29,32-33H2,(H,59,67)(H,60,68)(H,62,63,64)/b37-30-/t45-,46-,50-,51-/m1/s1. The average Bonchev–Trinajstić information content (AvgIpc) is 4.31. The summed E-state index contributed by atoms with van der Waals surface area (Å²) < 4.78 is 74.2. The zero-order chi connectivity index (χ0) is 52.6. The fourth-order valence-electron chi connectivity index (χ4n) is 8.69. The van der Waals surface area contributed by atoms with Gasteiger partial charge in [0.25, 0.3) is 6.01 Å². The maximum Gasteiger partial charge on any atom is 0.677 e. The summed E-state index contributed by atoms with van der Waals surface area (Å²) >= 11 is 6.67. The SMILES string of the molecule is O=C(CCOCCOCCOCCOCCNC(=O)CCc1ccc(/C=C2/C=CC(c3ccc[nH]3)=N2)n1B(F)F)NCCOc1ccc(-c2ccc(-c3nc4nc(O[C@@H]5CO[C@H]6[C@@H]5OC[C@H]6O)[nH]c4cc3Cl)cc2)cc1. The molecule has 2 fully saturated rings. The first-order valence-corrected chi connectivity index (χ1v) is 25.5. The molecular weight excluding hydrogens is 1010 g/mol. The van der Waals surface area contributed by atoms with Crippen molar-refractivity contribution in [2.75, 3.05) is 85.8 Å². The first kappa shape index (κ1) is 54.0. The molecule has 6 aromatic rings. The van der Waals surface area contributed by atoms with Crippen LogP contribution in [0.1, 0.15) is 29.9 Å². The molecule has 0 spiro atoms. The Morgan fingerprint density at radius 1 is 0.789 bits per heavy atom. The van der Waals surface area contributed by atoms with Gasteiger partial charge in [0.15, 0.2) is 11.8 Å². The number of pyridine rings is 1. The van der Waals surface area contributed by atoms with E-state index < -0.39 is 25.7 Å².